The third-order valence-corrected chi connectivity index (χ3v) is 3.41. The van der Waals surface area contributed by atoms with Crippen LogP contribution in [-0.2, 0) is 16.1 Å². The monoisotopic (exact) mass is 331 g/mol. The maximum absolute atomic E-state index is 11.7. The molecule has 0 aliphatic rings. The fourth-order valence-electron chi connectivity index (χ4n) is 1.88. The highest BCUT2D eigenvalue weighted by atomic mass is 35.5. The molecule has 0 unspecified atom stereocenters. The number of halogens is 1. The summed E-state index contributed by atoms with van der Waals surface area (Å²) in [4.78, 5) is 16.7. The molecule has 0 radical (unpaired) electrons. The Labute approximate surface area is 140 Å². The van der Waals surface area contributed by atoms with Crippen LogP contribution in [0.1, 0.15) is 11.1 Å². The Hall–Kier alpha value is -2.53. The van der Waals surface area contributed by atoms with Crippen LogP contribution in [0.2, 0.25) is 5.02 Å². The normalized spacial score (nSPS) is 11.1. The lowest BCUT2D eigenvalue weighted by molar-refractivity contribution is -0.120. The summed E-state index contributed by atoms with van der Waals surface area (Å²) >= 11 is 6.04. The summed E-state index contributed by atoms with van der Waals surface area (Å²) in [6.45, 7) is 1.77. The molecule has 0 atom stereocenters. The molecule has 0 saturated carbocycles. The van der Waals surface area contributed by atoms with Crippen molar-refractivity contribution in [2.45, 2.75) is 13.3 Å². The molecule has 23 heavy (non-hydrogen) atoms. The van der Waals surface area contributed by atoms with Crippen LogP contribution in [-0.4, -0.2) is 18.3 Å². The first-order valence-electron chi connectivity index (χ1n) is 7.09. The number of oxime groups is 1. The average molecular weight is 332 g/mol. The molecule has 0 aromatic heterocycles. The molecular formula is C17H18ClN3O2. The fourth-order valence-corrected chi connectivity index (χ4v) is 2.08. The Morgan fingerprint density at radius 3 is 2.61 bits per heavy atom. The Bertz CT molecular complexity index is 699. The van der Waals surface area contributed by atoms with E-state index in [0.29, 0.717) is 17.1 Å². The van der Waals surface area contributed by atoms with Crippen molar-refractivity contribution < 1.29 is 9.63 Å². The predicted molar refractivity (Wildman–Crippen MR) is 92.5 cm³/mol. The van der Waals surface area contributed by atoms with Gasteiger partial charge in [-0.2, -0.15) is 0 Å². The first-order chi connectivity index (χ1) is 11.0. The summed E-state index contributed by atoms with van der Waals surface area (Å²) in [5.41, 5.74) is 8.44. The van der Waals surface area contributed by atoms with Crippen molar-refractivity contribution in [3.63, 3.8) is 0 Å². The first-order valence-corrected chi connectivity index (χ1v) is 7.46. The third kappa shape index (κ3) is 5.64. The summed E-state index contributed by atoms with van der Waals surface area (Å²) in [5, 5.41) is 7.05. The number of aryl methyl sites for hydroxylation is 1. The zero-order valence-electron chi connectivity index (χ0n) is 12.8. The second-order valence-corrected chi connectivity index (χ2v) is 5.45. The molecule has 0 saturated heterocycles. The summed E-state index contributed by atoms with van der Waals surface area (Å²) in [5.74, 6) is -0.0515. The van der Waals surface area contributed by atoms with Gasteiger partial charge in [0.25, 0.3) is 5.91 Å². The number of amidine groups is 1. The van der Waals surface area contributed by atoms with Gasteiger partial charge in [-0.15, -0.1) is 0 Å². The molecule has 120 valence electrons. The molecule has 5 nitrogen and oxygen atoms in total. The van der Waals surface area contributed by atoms with Gasteiger partial charge >= 0.3 is 0 Å². The molecule has 2 rings (SSSR count). The van der Waals surface area contributed by atoms with E-state index in [2.05, 4.69) is 10.5 Å². The second-order valence-electron chi connectivity index (χ2n) is 5.04. The van der Waals surface area contributed by atoms with Crippen molar-refractivity contribution >= 4 is 29.0 Å². The summed E-state index contributed by atoms with van der Waals surface area (Å²) < 4.78 is 0. The van der Waals surface area contributed by atoms with Crippen LogP contribution >= 0.6 is 11.6 Å². The Morgan fingerprint density at radius 2 is 1.91 bits per heavy atom. The van der Waals surface area contributed by atoms with Crippen molar-refractivity contribution in [2.24, 2.45) is 10.9 Å². The van der Waals surface area contributed by atoms with E-state index in [1.165, 1.54) is 0 Å². The zero-order chi connectivity index (χ0) is 16.7. The van der Waals surface area contributed by atoms with E-state index in [4.69, 9.17) is 22.2 Å². The summed E-state index contributed by atoms with van der Waals surface area (Å²) in [6, 6.07) is 14.8. The fraction of sp³-hybridized carbons (Fsp3) is 0.176. The van der Waals surface area contributed by atoms with Gasteiger partial charge in [0.1, 0.15) is 5.84 Å². The van der Waals surface area contributed by atoms with Crippen LogP contribution in [0.5, 0.6) is 0 Å². The van der Waals surface area contributed by atoms with E-state index in [1.807, 2.05) is 49.4 Å². The molecule has 2 aromatic carbocycles. The highest BCUT2D eigenvalue weighted by Crippen LogP contribution is 2.15. The summed E-state index contributed by atoms with van der Waals surface area (Å²) in [7, 11) is 0. The number of amides is 1. The lowest BCUT2D eigenvalue weighted by Gasteiger charge is -2.06. The molecule has 0 aliphatic carbocycles. The molecule has 6 heteroatoms. The number of hydrogen-bond acceptors (Lipinski definition) is 3. The van der Waals surface area contributed by atoms with E-state index in [-0.39, 0.29) is 18.3 Å². The number of carbonyl (C=O) groups is 1. The minimum atomic E-state index is -0.303. The van der Waals surface area contributed by atoms with Gasteiger partial charge in [-0.05, 0) is 30.7 Å². The maximum Gasteiger partial charge on any atom is 0.265 e. The standard InChI is InChI=1S/C17H18ClN3O2/c1-12-6-8-14(9-7-12)20-17(22)11-23-21-16(19)10-13-4-2-3-5-15(13)18/h2-9H,10-11H2,1H3,(H2,19,21)(H,20,22). The number of nitrogens with two attached hydrogens (primary N) is 1. The number of hydrogen-bond donors (Lipinski definition) is 2. The van der Waals surface area contributed by atoms with Gasteiger partial charge in [0, 0.05) is 17.1 Å². The quantitative estimate of drug-likeness (QED) is 0.485. The SMILES string of the molecule is Cc1ccc(NC(=O)CO/N=C(/N)Cc2ccccc2Cl)cc1. The lowest BCUT2D eigenvalue weighted by atomic mass is 10.1. The van der Waals surface area contributed by atoms with Crippen LogP contribution in [0.3, 0.4) is 0 Å². The second kappa shape index (κ2) is 8.19. The van der Waals surface area contributed by atoms with E-state index < -0.39 is 0 Å². The van der Waals surface area contributed by atoms with Crippen LogP contribution < -0.4 is 11.1 Å². The van der Waals surface area contributed by atoms with Crippen molar-refractivity contribution in [2.75, 3.05) is 11.9 Å². The van der Waals surface area contributed by atoms with Crippen molar-refractivity contribution in [3.05, 3.63) is 64.7 Å². The molecule has 0 spiro atoms. The molecular weight excluding hydrogens is 314 g/mol. The van der Waals surface area contributed by atoms with Gasteiger partial charge in [0.05, 0.1) is 0 Å². The zero-order valence-corrected chi connectivity index (χ0v) is 13.5. The molecule has 1 amide bonds. The van der Waals surface area contributed by atoms with Crippen molar-refractivity contribution in [1.29, 1.82) is 0 Å². The number of nitrogens with one attached hydrogen (secondary N) is 1. The molecule has 0 fully saturated rings. The smallest absolute Gasteiger partial charge is 0.265 e. The molecule has 0 aliphatic heterocycles. The Kier molecular flexibility index (Phi) is 6.00. The van der Waals surface area contributed by atoms with Gasteiger partial charge in [0.15, 0.2) is 6.61 Å². The van der Waals surface area contributed by atoms with E-state index in [9.17, 15) is 4.79 Å². The Morgan fingerprint density at radius 1 is 1.22 bits per heavy atom. The molecule has 0 bridgehead atoms. The summed E-state index contributed by atoms with van der Waals surface area (Å²) in [6.07, 6.45) is 0.360. The number of carbonyl (C=O) groups excluding carboxylic acids is 1. The van der Waals surface area contributed by atoms with Gasteiger partial charge < -0.3 is 15.9 Å². The topological polar surface area (TPSA) is 76.7 Å². The number of nitrogens with zero attached hydrogens (tertiary/aromatic N) is 1. The van der Waals surface area contributed by atoms with Crippen LogP contribution in [0.25, 0.3) is 0 Å². The van der Waals surface area contributed by atoms with E-state index >= 15 is 0 Å². The highest BCUT2D eigenvalue weighted by Gasteiger charge is 2.05. The van der Waals surface area contributed by atoms with E-state index in [1.54, 1.807) is 6.07 Å². The van der Waals surface area contributed by atoms with E-state index in [0.717, 1.165) is 11.1 Å². The molecule has 0 heterocycles. The van der Waals surface area contributed by atoms with Crippen LogP contribution in [0, 0.1) is 6.92 Å². The van der Waals surface area contributed by atoms with Gasteiger partial charge in [0.2, 0.25) is 0 Å². The van der Waals surface area contributed by atoms with Gasteiger partial charge in [-0.3, -0.25) is 4.79 Å². The van der Waals surface area contributed by atoms with Crippen molar-refractivity contribution in [3.8, 4) is 0 Å². The Balaban J connectivity index is 1.80. The van der Waals surface area contributed by atoms with Crippen molar-refractivity contribution in [1.82, 2.24) is 0 Å². The highest BCUT2D eigenvalue weighted by molar-refractivity contribution is 6.31. The largest absolute Gasteiger partial charge is 0.384 e. The third-order valence-electron chi connectivity index (χ3n) is 3.04. The first kappa shape index (κ1) is 16.8. The lowest BCUT2D eigenvalue weighted by Crippen LogP contribution is -2.20. The minimum absolute atomic E-state index is 0.211. The predicted octanol–water partition coefficient (Wildman–Crippen LogP) is 3.12. The molecule has 3 N–H and O–H groups in total. The average Bonchev–Trinajstić information content (AvgIpc) is 2.52. The number of anilines is 1. The minimum Gasteiger partial charge on any atom is -0.384 e. The molecule has 2 aromatic rings. The maximum atomic E-state index is 11.7. The van der Waals surface area contributed by atoms with Crippen LogP contribution in [0.4, 0.5) is 5.69 Å². The number of benzene rings is 2. The van der Waals surface area contributed by atoms with Gasteiger partial charge in [-0.25, -0.2) is 0 Å². The number of rotatable bonds is 6. The van der Waals surface area contributed by atoms with Gasteiger partial charge in [-0.1, -0.05) is 52.7 Å². The van der Waals surface area contributed by atoms with Crippen LogP contribution in [0.15, 0.2) is 53.7 Å².